The SMILES string of the molecule is COc1cc(CN2CCCC2c2ccc[nH]2)c([N+](=O)[O-])cc1OC(F)F. The van der Waals surface area contributed by atoms with Crippen molar-refractivity contribution < 1.29 is 23.2 Å². The van der Waals surface area contributed by atoms with E-state index in [1.54, 1.807) is 0 Å². The van der Waals surface area contributed by atoms with Gasteiger partial charge in [0.1, 0.15) is 0 Å². The summed E-state index contributed by atoms with van der Waals surface area (Å²) in [5.74, 6) is -0.304. The monoisotopic (exact) mass is 367 g/mol. The molecule has 1 unspecified atom stereocenters. The third kappa shape index (κ3) is 3.77. The van der Waals surface area contributed by atoms with Crippen molar-refractivity contribution in [2.24, 2.45) is 0 Å². The molecule has 2 aromatic rings. The van der Waals surface area contributed by atoms with Gasteiger partial charge in [0.15, 0.2) is 11.5 Å². The Balaban J connectivity index is 1.92. The first-order valence-electron chi connectivity index (χ1n) is 8.17. The van der Waals surface area contributed by atoms with Crippen molar-refractivity contribution in [3.05, 3.63) is 51.8 Å². The molecule has 1 fully saturated rings. The third-order valence-electron chi connectivity index (χ3n) is 4.50. The van der Waals surface area contributed by atoms with Gasteiger partial charge in [-0.3, -0.25) is 15.0 Å². The van der Waals surface area contributed by atoms with E-state index in [4.69, 9.17) is 4.74 Å². The number of methoxy groups -OCH3 is 1. The number of aromatic nitrogens is 1. The molecule has 1 aromatic carbocycles. The predicted octanol–water partition coefficient (Wildman–Crippen LogP) is 3.87. The van der Waals surface area contributed by atoms with Gasteiger partial charge in [0.05, 0.1) is 24.1 Å². The minimum Gasteiger partial charge on any atom is -0.493 e. The van der Waals surface area contributed by atoms with Gasteiger partial charge < -0.3 is 14.5 Å². The van der Waals surface area contributed by atoms with E-state index >= 15 is 0 Å². The van der Waals surface area contributed by atoms with Crippen molar-refractivity contribution in [1.29, 1.82) is 0 Å². The number of hydrogen-bond donors (Lipinski definition) is 1. The Labute approximate surface area is 148 Å². The molecule has 1 saturated heterocycles. The fraction of sp³-hybridized carbons (Fsp3) is 0.412. The van der Waals surface area contributed by atoms with Gasteiger partial charge in [-0.15, -0.1) is 0 Å². The number of H-pyrrole nitrogens is 1. The van der Waals surface area contributed by atoms with Gasteiger partial charge >= 0.3 is 6.61 Å². The summed E-state index contributed by atoms with van der Waals surface area (Å²) in [5, 5.41) is 11.4. The van der Waals surface area contributed by atoms with Gasteiger partial charge in [-0.1, -0.05) is 0 Å². The highest BCUT2D eigenvalue weighted by Crippen LogP contribution is 2.39. The van der Waals surface area contributed by atoms with E-state index in [1.165, 1.54) is 13.2 Å². The van der Waals surface area contributed by atoms with Crippen LogP contribution in [-0.4, -0.2) is 35.1 Å². The van der Waals surface area contributed by atoms with Gasteiger partial charge in [0.2, 0.25) is 0 Å². The quantitative estimate of drug-likeness (QED) is 0.593. The van der Waals surface area contributed by atoms with E-state index in [0.717, 1.165) is 31.1 Å². The number of alkyl halides is 2. The van der Waals surface area contributed by atoms with Crippen molar-refractivity contribution >= 4 is 5.69 Å². The summed E-state index contributed by atoms with van der Waals surface area (Å²) in [6.45, 7) is -1.99. The molecule has 1 aromatic heterocycles. The van der Waals surface area contributed by atoms with Gasteiger partial charge in [-0.2, -0.15) is 8.78 Å². The van der Waals surface area contributed by atoms with E-state index in [0.29, 0.717) is 12.1 Å². The summed E-state index contributed by atoms with van der Waals surface area (Å²) >= 11 is 0. The molecule has 0 radical (unpaired) electrons. The lowest BCUT2D eigenvalue weighted by Gasteiger charge is -2.24. The summed E-state index contributed by atoms with van der Waals surface area (Å²) in [6.07, 6.45) is 3.76. The van der Waals surface area contributed by atoms with Crippen LogP contribution in [0.15, 0.2) is 30.5 Å². The summed E-state index contributed by atoms with van der Waals surface area (Å²) in [4.78, 5) is 16.2. The van der Waals surface area contributed by atoms with E-state index < -0.39 is 11.5 Å². The van der Waals surface area contributed by atoms with Crippen LogP contribution in [0.5, 0.6) is 11.5 Å². The number of nitrogens with zero attached hydrogens (tertiary/aromatic N) is 2. The standard InChI is InChI=1S/C17H19F2N3O4/c1-25-15-8-11(14(22(23)24)9-16(15)26-17(18)19)10-21-7-3-5-13(21)12-4-2-6-20-12/h2,4,6,8-9,13,17,20H,3,5,7,10H2,1H3. The lowest BCUT2D eigenvalue weighted by molar-refractivity contribution is -0.385. The second-order valence-electron chi connectivity index (χ2n) is 6.02. The second kappa shape index (κ2) is 7.69. The van der Waals surface area contributed by atoms with Crippen molar-refractivity contribution in [1.82, 2.24) is 9.88 Å². The minimum atomic E-state index is -3.09. The molecule has 26 heavy (non-hydrogen) atoms. The molecule has 0 spiro atoms. The topological polar surface area (TPSA) is 80.6 Å². The number of ether oxygens (including phenoxy) is 2. The Hall–Kier alpha value is -2.68. The molecule has 1 atom stereocenters. The lowest BCUT2D eigenvalue weighted by atomic mass is 10.1. The number of rotatable bonds is 7. The largest absolute Gasteiger partial charge is 0.493 e. The molecule has 1 N–H and O–H groups in total. The van der Waals surface area contributed by atoms with Gasteiger partial charge in [-0.25, -0.2) is 0 Å². The van der Waals surface area contributed by atoms with Crippen LogP contribution in [0.3, 0.4) is 0 Å². The fourth-order valence-electron chi connectivity index (χ4n) is 3.37. The first kappa shape index (κ1) is 18.1. The van der Waals surface area contributed by atoms with Crippen LogP contribution in [0.4, 0.5) is 14.5 Å². The highest BCUT2D eigenvalue weighted by atomic mass is 19.3. The minimum absolute atomic E-state index is 0.0431. The molecule has 9 heteroatoms. The van der Waals surface area contributed by atoms with Crippen molar-refractivity contribution in [3.8, 4) is 11.5 Å². The smallest absolute Gasteiger partial charge is 0.387 e. The van der Waals surface area contributed by atoms with Gasteiger partial charge in [0.25, 0.3) is 5.69 Å². The zero-order valence-electron chi connectivity index (χ0n) is 14.2. The number of halogens is 2. The van der Waals surface area contributed by atoms with E-state index in [2.05, 4.69) is 14.6 Å². The number of nitro benzene ring substituents is 1. The molecule has 7 nitrogen and oxygen atoms in total. The number of nitro groups is 1. The van der Waals surface area contributed by atoms with Crippen molar-refractivity contribution in [2.75, 3.05) is 13.7 Å². The highest BCUT2D eigenvalue weighted by molar-refractivity contribution is 5.54. The Morgan fingerprint density at radius 1 is 1.42 bits per heavy atom. The maximum absolute atomic E-state index is 12.5. The average molecular weight is 367 g/mol. The summed E-state index contributed by atoms with van der Waals surface area (Å²) in [5.41, 5.74) is 1.18. The summed E-state index contributed by atoms with van der Waals surface area (Å²) < 4.78 is 34.5. The number of nitrogens with one attached hydrogen (secondary N) is 1. The van der Waals surface area contributed by atoms with Crippen LogP contribution in [0.25, 0.3) is 0 Å². The molecule has 0 aliphatic carbocycles. The maximum Gasteiger partial charge on any atom is 0.387 e. The molecule has 140 valence electrons. The average Bonchev–Trinajstić information content (AvgIpc) is 3.26. The summed E-state index contributed by atoms with van der Waals surface area (Å²) in [7, 11) is 1.31. The van der Waals surface area contributed by atoms with E-state index in [9.17, 15) is 18.9 Å². The Morgan fingerprint density at radius 3 is 2.85 bits per heavy atom. The highest BCUT2D eigenvalue weighted by Gasteiger charge is 2.30. The Bertz CT molecular complexity index is 768. The molecule has 3 rings (SSSR count). The van der Waals surface area contributed by atoms with Crippen LogP contribution in [0, 0.1) is 10.1 Å². The molecular formula is C17H19F2N3O4. The van der Waals surface area contributed by atoms with E-state index in [1.807, 2.05) is 18.3 Å². The molecule has 2 heterocycles. The fourth-order valence-corrected chi connectivity index (χ4v) is 3.37. The maximum atomic E-state index is 12.5. The number of aromatic amines is 1. The number of likely N-dealkylation sites (tertiary alicyclic amines) is 1. The third-order valence-corrected chi connectivity index (χ3v) is 4.50. The van der Waals surface area contributed by atoms with Crippen molar-refractivity contribution in [2.45, 2.75) is 32.0 Å². The Morgan fingerprint density at radius 2 is 2.23 bits per heavy atom. The predicted molar refractivity (Wildman–Crippen MR) is 89.5 cm³/mol. The zero-order chi connectivity index (χ0) is 18.7. The second-order valence-corrected chi connectivity index (χ2v) is 6.02. The number of benzene rings is 1. The van der Waals surface area contributed by atoms with Crippen LogP contribution in [0.1, 0.15) is 30.1 Å². The molecule has 0 bridgehead atoms. The summed E-state index contributed by atoms with van der Waals surface area (Å²) in [6, 6.07) is 6.43. The normalized spacial score (nSPS) is 17.6. The van der Waals surface area contributed by atoms with Crippen molar-refractivity contribution in [3.63, 3.8) is 0 Å². The van der Waals surface area contributed by atoms with Crippen LogP contribution in [0.2, 0.25) is 0 Å². The van der Waals surface area contributed by atoms with Gasteiger partial charge in [0, 0.05) is 24.0 Å². The van der Waals surface area contributed by atoms with E-state index in [-0.39, 0.29) is 23.2 Å². The first-order valence-corrected chi connectivity index (χ1v) is 8.17. The van der Waals surface area contributed by atoms with Crippen LogP contribution >= 0.6 is 0 Å². The first-order chi connectivity index (χ1) is 12.5. The van der Waals surface area contributed by atoms with Gasteiger partial charge in [-0.05, 0) is 37.6 Å². The molecule has 0 amide bonds. The zero-order valence-corrected chi connectivity index (χ0v) is 14.2. The van der Waals surface area contributed by atoms with Crippen LogP contribution < -0.4 is 9.47 Å². The molecule has 1 aliphatic rings. The number of hydrogen-bond acceptors (Lipinski definition) is 5. The lowest BCUT2D eigenvalue weighted by Crippen LogP contribution is -2.23. The molecular weight excluding hydrogens is 348 g/mol. The van der Waals surface area contributed by atoms with Crippen LogP contribution in [-0.2, 0) is 6.54 Å². The molecule has 1 aliphatic heterocycles. The Kier molecular flexibility index (Phi) is 5.36. The molecule has 0 saturated carbocycles.